The maximum Gasteiger partial charge on any atom is 0.266 e. The quantitative estimate of drug-likeness (QED) is 0.784. The van der Waals surface area contributed by atoms with E-state index < -0.39 is 5.60 Å². The molecule has 0 atom stereocenters. The molecule has 3 rings (SSSR count). The van der Waals surface area contributed by atoms with E-state index in [1.807, 2.05) is 24.0 Å². The van der Waals surface area contributed by atoms with Crippen LogP contribution in [0.2, 0.25) is 5.02 Å². The minimum absolute atomic E-state index is 0.0331. The van der Waals surface area contributed by atoms with Crippen molar-refractivity contribution in [1.29, 1.82) is 0 Å². The molecule has 0 radical (unpaired) electrons. The predicted octanol–water partition coefficient (Wildman–Crippen LogP) is 4.29. The molecule has 0 bridgehead atoms. The predicted molar refractivity (Wildman–Crippen MR) is 112 cm³/mol. The number of halogens is 1. The van der Waals surface area contributed by atoms with E-state index in [1.165, 1.54) is 11.3 Å². The van der Waals surface area contributed by atoms with Crippen LogP contribution in [0.1, 0.15) is 41.2 Å². The number of likely N-dealkylation sites (tertiary alicyclic amines) is 1. The second-order valence-electron chi connectivity index (χ2n) is 7.52. The van der Waals surface area contributed by atoms with E-state index in [2.05, 4.69) is 5.32 Å². The Morgan fingerprint density at radius 1 is 1.14 bits per heavy atom. The highest BCUT2D eigenvalue weighted by atomic mass is 35.5. The van der Waals surface area contributed by atoms with Crippen molar-refractivity contribution in [2.75, 3.05) is 13.1 Å². The highest BCUT2D eigenvalue weighted by Crippen LogP contribution is 2.24. The molecule has 0 unspecified atom stereocenters. The van der Waals surface area contributed by atoms with Crippen LogP contribution in [0.5, 0.6) is 5.75 Å². The van der Waals surface area contributed by atoms with E-state index in [4.69, 9.17) is 16.3 Å². The Kier molecular flexibility index (Phi) is 6.30. The van der Waals surface area contributed by atoms with Gasteiger partial charge in [-0.25, -0.2) is 0 Å². The lowest BCUT2D eigenvalue weighted by Gasteiger charge is -2.37. The number of amides is 2. The molecule has 1 aromatic carbocycles. The second kappa shape index (κ2) is 8.53. The van der Waals surface area contributed by atoms with Gasteiger partial charge in [0.25, 0.3) is 11.8 Å². The molecule has 1 N–H and O–H groups in total. The first-order valence-electron chi connectivity index (χ1n) is 9.36. The first-order valence-corrected chi connectivity index (χ1v) is 10.6. The van der Waals surface area contributed by atoms with Crippen LogP contribution in [0.15, 0.2) is 36.4 Å². The molecule has 0 aliphatic carbocycles. The Bertz CT molecular complexity index is 840. The van der Waals surface area contributed by atoms with Crippen molar-refractivity contribution in [2.45, 2.75) is 45.3 Å². The van der Waals surface area contributed by atoms with Gasteiger partial charge >= 0.3 is 0 Å². The summed E-state index contributed by atoms with van der Waals surface area (Å²) in [6.07, 6.45) is 1.47. The third kappa shape index (κ3) is 5.06. The van der Waals surface area contributed by atoms with Gasteiger partial charge in [0.15, 0.2) is 5.60 Å². The third-order valence-corrected chi connectivity index (χ3v) is 6.03. The monoisotopic (exact) mass is 420 g/mol. The SMILES string of the molecule is Cc1ccc(C(=O)NC2CCN(C(=O)C(C)(C)Oc3ccc(Cl)cc3)CC2)s1. The lowest BCUT2D eigenvalue weighted by atomic mass is 10.0. The lowest BCUT2D eigenvalue weighted by Crippen LogP contribution is -2.53. The summed E-state index contributed by atoms with van der Waals surface area (Å²) < 4.78 is 5.91. The van der Waals surface area contributed by atoms with Gasteiger partial charge in [0.1, 0.15) is 5.75 Å². The van der Waals surface area contributed by atoms with Crippen molar-refractivity contribution < 1.29 is 14.3 Å². The number of benzene rings is 1. The smallest absolute Gasteiger partial charge is 0.266 e. The topological polar surface area (TPSA) is 58.6 Å². The van der Waals surface area contributed by atoms with Crippen LogP contribution in [0.25, 0.3) is 0 Å². The molecule has 5 nitrogen and oxygen atoms in total. The first-order chi connectivity index (χ1) is 13.2. The van der Waals surface area contributed by atoms with E-state index >= 15 is 0 Å². The summed E-state index contributed by atoms with van der Waals surface area (Å²) in [5.41, 5.74) is -0.974. The lowest BCUT2D eigenvalue weighted by molar-refractivity contribution is -0.146. The molecule has 2 aromatic rings. The van der Waals surface area contributed by atoms with E-state index in [0.717, 1.165) is 22.6 Å². The molecule has 1 aliphatic heterocycles. The summed E-state index contributed by atoms with van der Waals surface area (Å²) in [6, 6.07) is 10.9. The van der Waals surface area contributed by atoms with Crippen LogP contribution in [0, 0.1) is 6.92 Å². The van der Waals surface area contributed by atoms with Gasteiger partial charge < -0.3 is 15.0 Å². The zero-order chi connectivity index (χ0) is 20.3. The number of ether oxygens (including phenoxy) is 1. The van der Waals surface area contributed by atoms with Gasteiger partial charge in [0.05, 0.1) is 4.88 Å². The summed E-state index contributed by atoms with van der Waals surface area (Å²) in [5.74, 6) is 0.520. The van der Waals surface area contributed by atoms with E-state index in [-0.39, 0.29) is 17.9 Å². The van der Waals surface area contributed by atoms with Gasteiger partial charge in [-0.1, -0.05) is 11.6 Å². The zero-order valence-corrected chi connectivity index (χ0v) is 17.9. The molecule has 0 spiro atoms. The number of hydrogen-bond acceptors (Lipinski definition) is 4. The number of aryl methyl sites for hydroxylation is 1. The van der Waals surface area contributed by atoms with E-state index in [1.54, 1.807) is 38.1 Å². The molecular formula is C21H25ClN2O3S. The largest absolute Gasteiger partial charge is 0.478 e. The Balaban J connectivity index is 1.52. The number of thiophene rings is 1. The van der Waals surface area contributed by atoms with Crippen LogP contribution in [0.4, 0.5) is 0 Å². The molecule has 1 saturated heterocycles. The van der Waals surface area contributed by atoms with Gasteiger partial charge in [0.2, 0.25) is 0 Å². The summed E-state index contributed by atoms with van der Waals surface area (Å²) in [5, 5.41) is 3.71. The molecule has 1 fully saturated rings. The zero-order valence-electron chi connectivity index (χ0n) is 16.3. The summed E-state index contributed by atoms with van der Waals surface area (Å²) >= 11 is 7.39. The Labute approximate surface area is 174 Å². The van der Waals surface area contributed by atoms with Gasteiger partial charge in [0, 0.05) is 29.0 Å². The number of nitrogens with zero attached hydrogens (tertiary/aromatic N) is 1. The molecule has 28 heavy (non-hydrogen) atoms. The number of hydrogen-bond donors (Lipinski definition) is 1. The van der Waals surface area contributed by atoms with Gasteiger partial charge in [-0.3, -0.25) is 9.59 Å². The van der Waals surface area contributed by atoms with Crippen LogP contribution >= 0.6 is 22.9 Å². The molecule has 2 amide bonds. The molecule has 0 saturated carbocycles. The first kappa shape index (κ1) is 20.7. The van der Waals surface area contributed by atoms with Crippen LogP contribution in [-0.4, -0.2) is 41.4 Å². The number of rotatable bonds is 5. The fourth-order valence-electron chi connectivity index (χ4n) is 3.26. The van der Waals surface area contributed by atoms with E-state index in [0.29, 0.717) is 23.9 Å². The highest BCUT2D eigenvalue weighted by molar-refractivity contribution is 7.13. The maximum atomic E-state index is 12.9. The maximum absolute atomic E-state index is 12.9. The summed E-state index contributed by atoms with van der Waals surface area (Å²) in [7, 11) is 0. The molecule has 1 aromatic heterocycles. The van der Waals surface area contributed by atoms with Crippen molar-refractivity contribution >= 4 is 34.8 Å². The molecule has 150 valence electrons. The van der Waals surface area contributed by atoms with Crippen LogP contribution in [0.3, 0.4) is 0 Å². The van der Waals surface area contributed by atoms with Crippen molar-refractivity contribution in [2.24, 2.45) is 0 Å². The van der Waals surface area contributed by atoms with Gasteiger partial charge in [-0.2, -0.15) is 0 Å². The number of nitrogens with one attached hydrogen (secondary N) is 1. The average molecular weight is 421 g/mol. The molecule has 7 heteroatoms. The van der Waals surface area contributed by atoms with Gasteiger partial charge in [-0.15, -0.1) is 11.3 Å². The minimum atomic E-state index is -0.974. The van der Waals surface area contributed by atoms with Crippen LogP contribution in [-0.2, 0) is 4.79 Å². The molecular weight excluding hydrogens is 396 g/mol. The Morgan fingerprint density at radius 3 is 2.36 bits per heavy atom. The fraction of sp³-hybridized carbons (Fsp3) is 0.429. The third-order valence-electron chi connectivity index (χ3n) is 4.78. The van der Waals surface area contributed by atoms with Crippen molar-refractivity contribution in [3.63, 3.8) is 0 Å². The highest BCUT2D eigenvalue weighted by Gasteiger charge is 2.36. The Hall–Kier alpha value is -2.05. The number of carbonyl (C=O) groups is 2. The standard InChI is InChI=1S/C21H25ClN2O3S/c1-14-4-9-18(28-14)19(25)23-16-10-12-24(13-11-16)20(26)21(2,3)27-17-7-5-15(22)6-8-17/h4-9,16H,10-13H2,1-3H3,(H,23,25). The number of carbonyl (C=O) groups excluding carboxylic acids is 2. The summed E-state index contributed by atoms with van der Waals surface area (Å²) in [4.78, 5) is 28.9. The second-order valence-corrected chi connectivity index (χ2v) is 9.24. The fourth-order valence-corrected chi connectivity index (χ4v) is 4.16. The average Bonchev–Trinajstić information content (AvgIpc) is 3.10. The normalized spacial score (nSPS) is 15.4. The molecule has 2 heterocycles. The Morgan fingerprint density at radius 2 is 1.79 bits per heavy atom. The minimum Gasteiger partial charge on any atom is -0.478 e. The molecule has 1 aliphatic rings. The van der Waals surface area contributed by atoms with Gasteiger partial charge in [-0.05, 0) is 70.0 Å². The van der Waals surface area contributed by atoms with E-state index in [9.17, 15) is 9.59 Å². The van der Waals surface area contributed by atoms with Crippen molar-refractivity contribution in [1.82, 2.24) is 10.2 Å². The van der Waals surface area contributed by atoms with Crippen molar-refractivity contribution in [3.05, 3.63) is 51.2 Å². The van der Waals surface area contributed by atoms with Crippen LogP contribution < -0.4 is 10.1 Å². The summed E-state index contributed by atoms with van der Waals surface area (Å²) in [6.45, 7) is 6.73. The number of piperidine rings is 1. The van der Waals surface area contributed by atoms with Crippen molar-refractivity contribution in [3.8, 4) is 5.75 Å².